The summed E-state index contributed by atoms with van der Waals surface area (Å²) in [6, 6.07) is 0.461. The second-order valence-electron chi connectivity index (χ2n) is 7.01. The maximum absolute atomic E-state index is 10.2. The van der Waals surface area contributed by atoms with Crippen LogP contribution in [0.5, 0.6) is 0 Å². The molecule has 118 valence electrons. The summed E-state index contributed by atoms with van der Waals surface area (Å²) in [4.78, 5) is 5.09. The molecule has 1 aliphatic heterocycles. The minimum atomic E-state index is -0.0625. The van der Waals surface area contributed by atoms with Gasteiger partial charge in [-0.15, -0.1) is 0 Å². The predicted octanol–water partition coefficient (Wildman–Crippen LogP) is 2.73. The van der Waals surface area contributed by atoms with Gasteiger partial charge in [0.05, 0.1) is 6.10 Å². The van der Waals surface area contributed by atoms with Crippen LogP contribution in [0.2, 0.25) is 0 Å². The molecule has 2 rings (SSSR count). The Labute approximate surface area is 125 Å². The number of hydrogen-bond acceptors (Lipinski definition) is 3. The van der Waals surface area contributed by atoms with Gasteiger partial charge in [-0.25, -0.2) is 0 Å². The number of piperidine rings is 1. The molecule has 2 aliphatic rings. The van der Waals surface area contributed by atoms with Crippen molar-refractivity contribution in [3.8, 4) is 0 Å². The first-order valence-electron chi connectivity index (χ1n) is 8.81. The second-order valence-corrected chi connectivity index (χ2v) is 7.01. The third kappa shape index (κ3) is 4.71. The van der Waals surface area contributed by atoms with Crippen LogP contribution in [0.4, 0.5) is 0 Å². The molecule has 1 N–H and O–H groups in total. The van der Waals surface area contributed by atoms with Crippen molar-refractivity contribution in [1.29, 1.82) is 0 Å². The molecule has 0 bridgehead atoms. The van der Waals surface area contributed by atoms with Gasteiger partial charge in [-0.3, -0.25) is 4.90 Å². The van der Waals surface area contributed by atoms with E-state index in [0.29, 0.717) is 6.04 Å². The van der Waals surface area contributed by atoms with E-state index in [1.807, 2.05) is 0 Å². The molecule has 3 nitrogen and oxygen atoms in total. The average Bonchev–Trinajstić information content (AvgIpc) is 2.47. The molecule has 1 saturated heterocycles. The highest BCUT2D eigenvalue weighted by molar-refractivity contribution is 4.86. The topological polar surface area (TPSA) is 26.7 Å². The first kappa shape index (κ1) is 16.3. The van der Waals surface area contributed by atoms with Crippen molar-refractivity contribution in [3.05, 3.63) is 0 Å². The Bertz CT molecular complexity index is 264. The zero-order valence-electron chi connectivity index (χ0n) is 13.6. The van der Waals surface area contributed by atoms with E-state index in [4.69, 9.17) is 0 Å². The lowest BCUT2D eigenvalue weighted by Gasteiger charge is -2.42. The van der Waals surface area contributed by atoms with Gasteiger partial charge < -0.3 is 10.0 Å². The van der Waals surface area contributed by atoms with Crippen LogP contribution in [0.15, 0.2) is 0 Å². The zero-order chi connectivity index (χ0) is 14.4. The van der Waals surface area contributed by atoms with Gasteiger partial charge in [0.2, 0.25) is 0 Å². The molecule has 0 aromatic rings. The molecule has 20 heavy (non-hydrogen) atoms. The summed E-state index contributed by atoms with van der Waals surface area (Å²) in [6.45, 7) is 7.18. The van der Waals surface area contributed by atoms with Crippen LogP contribution in [0.25, 0.3) is 0 Å². The minimum Gasteiger partial charge on any atom is -0.391 e. The molecule has 2 atom stereocenters. The Kier molecular flexibility index (Phi) is 6.79. The van der Waals surface area contributed by atoms with Crippen molar-refractivity contribution in [1.82, 2.24) is 9.80 Å². The number of unbranched alkanes of at least 4 members (excludes halogenated alkanes) is 1. The number of hydrogen-bond donors (Lipinski definition) is 1. The highest BCUT2D eigenvalue weighted by Gasteiger charge is 2.31. The summed E-state index contributed by atoms with van der Waals surface area (Å²) in [5.41, 5.74) is 0. The largest absolute Gasteiger partial charge is 0.391 e. The molecule has 2 unspecified atom stereocenters. The third-order valence-electron chi connectivity index (χ3n) is 5.28. The molecule has 1 aliphatic carbocycles. The Hall–Kier alpha value is -0.120. The van der Waals surface area contributed by atoms with Crippen LogP contribution in [0.3, 0.4) is 0 Å². The normalized spacial score (nSPS) is 30.0. The van der Waals surface area contributed by atoms with Gasteiger partial charge >= 0.3 is 0 Å². The van der Waals surface area contributed by atoms with Crippen molar-refractivity contribution < 1.29 is 5.11 Å². The van der Waals surface area contributed by atoms with E-state index in [1.165, 1.54) is 71.1 Å². The van der Waals surface area contributed by atoms with Crippen molar-refractivity contribution in [3.63, 3.8) is 0 Å². The van der Waals surface area contributed by atoms with Gasteiger partial charge in [-0.05, 0) is 64.7 Å². The standard InChI is InChI=1S/C17H34N2O/c1-3-4-11-18(2)14-15-9-12-19(13-10-15)16-7-5-6-8-17(16)20/h15-17,20H,3-14H2,1-2H3. The van der Waals surface area contributed by atoms with Crippen LogP contribution in [-0.4, -0.2) is 60.3 Å². The van der Waals surface area contributed by atoms with Gasteiger partial charge in [0.25, 0.3) is 0 Å². The molecule has 1 heterocycles. The van der Waals surface area contributed by atoms with E-state index in [2.05, 4.69) is 23.8 Å². The van der Waals surface area contributed by atoms with Gasteiger partial charge in [0.15, 0.2) is 0 Å². The van der Waals surface area contributed by atoms with E-state index < -0.39 is 0 Å². The summed E-state index contributed by atoms with van der Waals surface area (Å²) >= 11 is 0. The van der Waals surface area contributed by atoms with E-state index in [1.54, 1.807) is 0 Å². The Morgan fingerprint density at radius 1 is 1.10 bits per heavy atom. The second kappa shape index (κ2) is 8.35. The lowest BCUT2D eigenvalue weighted by molar-refractivity contribution is 0.00183. The number of nitrogens with zero attached hydrogens (tertiary/aromatic N) is 2. The first-order valence-corrected chi connectivity index (χ1v) is 8.81. The summed E-state index contributed by atoms with van der Waals surface area (Å²) in [5.74, 6) is 0.869. The van der Waals surface area contributed by atoms with E-state index >= 15 is 0 Å². The highest BCUT2D eigenvalue weighted by atomic mass is 16.3. The Morgan fingerprint density at radius 2 is 1.80 bits per heavy atom. The number of rotatable bonds is 6. The van der Waals surface area contributed by atoms with Crippen molar-refractivity contribution in [2.45, 2.75) is 70.4 Å². The smallest absolute Gasteiger partial charge is 0.0695 e. The molecule has 0 radical (unpaired) electrons. The fraction of sp³-hybridized carbons (Fsp3) is 1.00. The molecule has 0 spiro atoms. The molecular weight excluding hydrogens is 248 g/mol. The molecular formula is C17H34N2O. The van der Waals surface area contributed by atoms with Crippen molar-refractivity contribution >= 4 is 0 Å². The average molecular weight is 282 g/mol. The van der Waals surface area contributed by atoms with E-state index in [-0.39, 0.29) is 6.10 Å². The van der Waals surface area contributed by atoms with Crippen LogP contribution >= 0.6 is 0 Å². The predicted molar refractivity (Wildman–Crippen MR) is 85.0 cm³/mol. The van der Waals surface area contributed by atoms with Gasteiger partial charge in [0.1, 0.15) is 0 Å². The SMILES string of the molecule is CCCCN(C)CC1CCN(C2CCCCC2O)CC1. The van der Waals surface area contributed by atoms with E-state index in [9.17, 15) is 5.11 Å². The Balaban J connectivity index is 1.69. The highest BCUT2D eigenvalue weighted by Crippen LogP contribution is 2.27. The van der Waals surface area contributed by atoms with Crippen molar-refractivity contribution in [2.75, 3.05) is 33.2 Å². The third-order valence-corrected chi connectivity index (χ3v) is 5.28. The molecule has 0 aromatic heterocycles. The Morgan fingerprint density at radius 3 is 2.45 bits per heavy atom. The number of aliphatic hydroxyl groups excluding tert-OH is 1. The van der Waals surface area contributed by atoms with Gasteiger partial charge in [-0.1, -0.05) is 26.2 Å². The molecule has 0 amide bonds. The fourth-order valence-electron chi connectivity index (χ4n) is 3.94. The summed E-state index contributed by atoms with van der Waals surface area (Å²) in [5, 5.41) is 10.2. The van der Waals surface area contributed by atoms with Gasteiger partial charge in [0, 0.05) is 12.6 Å². The maximum Gasteiger partial charge on any atom is 0.0695 e. The summed E-state index contributed by atoms with van der Waals surface area (Å²) < 4.78 is 0. The van der Waals surface area contributed by atoms with Crippen LogP contribution in [-0.2, 0) is 0 Å². The molecule has 2 fully saturated rings. The van der Waals surface area contributed by atoms with E-state index in [0.717, 1.165) is 12.3 Å². The minimum absolute atomic E-state index is 0.0625. The van der Waals surface area contributed by atoms with Crippen LogP contribution < -0.4 is 0 Å². The summed E-state index contributed by atoms with van der Waals surface area (Å²) in [7, 11) is 2.27. The van der Waals surface area contributed by atoms with Crippen LogP contribution in [0, 0.1) is 5.92 Å². The fourth-order valence-corrected chi connectivity index (χ4v) is 3.94. The maximum atomic E-state index is 10.2. The monoisotopic (exact) mass is 282 g/mol. The first-order chi connectivity index (χ1) is 9.70. The van der Waals surface area contributed by atoms with Crippen LogP contribution in [0.1, 0.15) is 58.3 Å². The summed E-state index contributed by atoms with van der Waals surface area (Å²) in [6.07, 6.45) is 9.95. The lowest BCUT2D eigenvalue weighted by atomic mass is 9.88. The van der Waals surface area contributed by atoms with Gasteiger partial charge in [-0.2, -0.15) is 0 Å². The molecule has 3 heteroatoms. The zero-order valence-corrected chi connectivity index (χ0v) is 13.6. The lowest BCUT2D eigenvalue weighted by Crippen LogP contribution is -2.49. The molecule has 0 aromatic carbocycles. The number of aliphatic hydroxyl groups is 1. The molecule has 1 saturated carbocycles. The number of likely N-dealkylation sites (tertiary alicyclic amines) is 1. The van der Waals surface area contributed by atoms with Crippen molar-refractivity contribution in [2.24, 2.45) is 5.92 Å². The quantitative estimate of drug-likeness (QED) is 0.811.